The minimum Gasteiger partial charge on any atom is -0.467 e. The van der Waals surface area contributed by atoms with Crippen molar-refractivity contribution < 1.29 is 13.9 Å². The first-order valence-electron chi connectivity index (χ1n) is 6.86. The Kier molecular flexibility index (Phi) is 4.99. The molecule has 1 atom stereocenters. The molecule has 0 saturated heterocycles. The van der Waals surface area contributed by atoms with E-state index in [1.165, 1.54) is 0 Å². The molecular formula is C14H22N2O3. The minimum absolute atomic E-state index is 0.00346. The molecule has 5 nitrogen and oxygen atoms in total. The molecule has 2 N–H and O–H groups in total. The Labute approximate surface area is 113 Å². The highest BCUT2D eigenvalue weighted by molar-refractivity contribution is 5.81. The fourth-order valence-corrected chi connectivity index (χ4v) is 2.24. The second-order valence-corrected chi connectivity index (χ2v) is 4.93. The lowest BCUT2D eigenvalue weighted by Crippen LogP contribution is -2.53. The number of rotatable bonds is 7. The minimum atomic E-state index is -0.192. The Morgan fingerprint density at radius 2 is 2.37 bits per heavy atom. The van der Waals surface area contributed by atoms with Crippen LogP contribution in [0.1, 0.15) is 32.4 Å². The number of carbonyl (C=O) groups is 1. The molecule has 5 heteroatoms. The van der Waals surface area contributed by atoms with Gasteiger partial charge in [-0.05, 0) is 38.8 Å². The molecule has 0 radical (unpaired) electrons. The lowest BCUT2D eigenvalue weighted by Gasteiger charge is -2.37. The van der Waals surface area contributed by atoms with Gasteiger partial charge in [0, 0.05) is 12.6 Å². The first kappa shape index (κ1) is 14.1. The van der Waals surface area contributed by atoms with E-state index < -0.39 is 0 Å². The Morgan fingerprint density at radius 3 is 3.00 bits per heavy atom. The van der Waals surface area contributed by atoms with Crippen molar-refractivity contribution in [2.45, 2.75) is 51.4 Å². The Morgan fingerprint density at radius 1 is 1.58 bits per heavy atom. The van der Waals surface area contributed by atoms with Crippen molar-refractivity contribution in [1.82, 2.24) is 10.6 Å². The molecule has 1 aliphatic rings. The van der Waals surface area contributed by atoms with Gasteiger partial charge in [0.15, 0.2) is 0 Å². The van der Waals surface area contributed by atoms with Crippen molar-refractivity contribution in [1.29, 1.82) is 0 Å². The molecule has 0 aromatic carbocycles. The van der Waals surface area contributed by atoms with Crippen LogP contribution in [0.15, 0.2) is 22.8 Å². The summed E-state index contributed by atoms with van der Waals surface area (Å²) in [6.45, 7) is 5.08. The molecule has 1 saturated carbocycles. The van der Waals surface area contributed by atoms with Crippen molar-refractivity contribution in [3.05, 3.63) is 24.2 Å². The zero-order chi connectivity index (χ0) is 13.7. The summed E-state index contributed by atoms with van der Waals surface area (Å²) >= 11 is 0. The largest absolute Gasteiger partial charge is 0.467 e. The van der Waals surface area contributed by atoms with E-state index in [-0.39, 0.29) is 11.9 Å². The van der Waals surface area contributed by atoms with Gasteiger partial charge in [-0.25, -0.2) is 0 Å². The van der Waals surface area contributed by atoms with Crippen LogP contribution in [0.4, 0.5) is 0 Å². The first-order valence-corrected chi connectivity index (χ1v) is 6.86. The molecule has 1 amide bonds. The molecule has 2 rings (SSSR count). The monoisotopic (exact) mass is 266 g/mol. The SMILES string of the molecule is CCOC1CC(NC(C)C(=O)NCc2ccco2)C1. The van der Waals surface area contributed by atoms with Crippen molar-refractivity contribution in [2.24, 2.45) is 0 Å². The van der Waals surface area contributed by atoms with Gasteiger partial charge in [0.1, 0.15) is 5.76 Å². The molecule has 0 spiro atoms. The molecule has 0 bridgehead atoms. The molecule has 106 valence electrons. The maximum atomic E-state index is 11.9. The average Bonchev–Trinajstić information content (AvgIpc) is 2.86. The summed E-state index contributed by atoms with van der Waals surface area (Å²) in [7, 11) is 0. The number of ether oxygens (including phenoxy) is 1. The van der Waals surface area contributed by atoms with Crippen LogP contribution in [0, 0.1) is 0 Å². The zero-order valence-electron chi connectivity index (χ0n) is 11.5. The molecule has 1 heterocycles. The third-order valence-corrected chi connectivity index (χ3v) is 3.39. The third-order valence-electron chi connectivity index (χ3n) is 3.39. The highest BCUT2D eigenvalue weighted by Crippen LogP contribution is 2.23. The summed E-state index contributed by atoms with van der Waals surface area (Å²) in [6.07, 6.45) is 3.94. The second-order valence-electron chi connectivity index (χ2n) is 4.93. The fourth-order valence-electron chi connectivity index (χ4n) is 2.24. The van der Waals surface area contributed by atoms with E-state index in [1.807, 2.05) is 26.0 Å². The lowest BCUT2D eigenvalue weighted by molar-refractivity contribution is -0.123. The normalized spacial score (nSPS) is 23.7. The van der Waals surface area contributed by atoms with E-state index in [2.05, 4.69) is 10.6 Å². The van der Waals surface area contributed by atoms with Crippen molar-refractivity contribution in [2.75, 3.05) is 6.61 Å². The molecule has 1 fully saturated rings. The maximum Gasteiger partial charge on any atom is 0.237 e. The number of nitrogens with one attached hydrogen (secondary N) is 2. The van der Waals surface area contributed by atoms with Gasteiger partial charge in [-0.3, -0.25) is 4.79 Å². The summed E-state index contributed by atoms with van der Waals surface area (Å²) in [5.74, 6) is 0.761. The highest BCUT2D eigenvalue weighted by atomic mass is 16.5. The van der Waals surface area contributed by atoms with E-state index in [0.29, 0.717) is 18.7 Å². The Hall–Kier alpha value is -1.33. The predicted octanol–water partition coefficient (Wildman–Crippen LogP) is 1.44. The van der Waals surface area contributed by atoms with E-state index in [1.54, 1.807) is 6.26 Å². The van der Waals surface area contributed by atoms with Gasteiger partial charge in [-0.15, -0.1) is 0 Å². The summed E-state index contributed by atoms with van der Waals surface area (Å²) in [5.41, 5.74) is 0. The van der Waals surface area contributed by atoms with Crippen LogP contribution in [0.3, 0.4) is 0 Å². The van der Waals surface area contributed by atoms with E-state index in [0.717, 1.165) is 25.2 Å². The standard InChI is InChI=1S/C14H22N2O3/c1-3-18-13-7-11(8-13)16-10(2)14(17)15-9-12-5-4-6-19-12/h4-6,10-11,13,16H,3,7-9H2,1-2H3,(H,15,17). The quantitative estimate of drug-likeness (QED) is 0.784. The summed E-state index contributed by atoms with van der Waals surface area (Å²) in [4.78, 5) is 11.9. The van der Waals surface area contributed by atoms with Crippen molar-refractivity contribution in [3.8, 4) is 0 Å². The zero-order valence-corrected chi connectivity index (χ0v) is 11.5. The highest BCUT2D eigenvalue weighted by Gasteiger charge is 2.31. The van der Waals surface area contributed by atoms with Crippen molar-refractivity contribution >= 4 is 5.91 Å². The van der Waals surface area contributed by atoms with Gasteiger partial charge in [0.2, 0.25) is 5.91 Å². The van der Waals surface area contributed by atoms with Gasteiger partial charge in [-0.2, -0.15) is 0 Å². The molecular weight excluding hydrogens is 244 g/mol. The van der Waals surface area contributed by atoms with Crippen LogP contribution in [0.5, 0.6) is 0 Å². The number of carbonyl (C=O) groups excluding carboxylic acids is 1. The second kappa shape index (κ2) is 6.73. The summed E-state index contributed by atoms with van der Waals surface area (Å²) in [5, 5.41) is 6.16. The van der Waals surface area contributed by atoms with Crippen LogP contribution >= 0.6 is 0 Å². The fraction of sp³-hybridized carbons (Fsp3) is 0.643. The average molecular weight is 266 g/mol. The molecule has 19 heavy (non-hydrogen) atoms. The third kappa shape index (κ3) is 4.08. The summed E-state index contributed by atoms with van der Waals surface area (Å²) < 4.78 is 10.7. The topological polar surface area (TPSA) is 63.5 Å². The smallest absolute Gasteiger partial charge is 0.237 e. The first-order chi connectivity index (χ1) is 9.19. The number of hydrogen-bond donors (Lipinski definition) is 2. The van der Waals surface area contributed by atoms with Crippen LogP contribution in [0.25, 0.3) is 0 Å². The Balaban J connectivity index is 1.63. The van der Waals surface area contributed by atoms with Crippen molar-refractivity contribution in [3.63, 3.8) is 0 Å². The van der Waals surface area contributed by atoms with E-state index >= 15 is 0 Å². The number of amides is 1. The molecule has 0 aliphatic heterocycles. The van der Waals surface area contributed by atoms with Crippen LogP contribution in [-0.4, -0.2) is 30.7 Å². The Bertz CT molecular complexity index is 385. The van der Waals surface area contributed by atoms with Gasteiger partial charge >= 0.3 is 0 Å². The van der Waals surface area contributed by atoms with Gasteiger partial charge in [0.05, 0.1) is 25.0 Å². The van der Waals surface area contributed by atoms with Gasteiger partial charge in [-0.1, -0.05) is 0 Å². The van der Waals surface area contributed by atoms with Crippen LogP contribution < -0.4 is 10.6 Å². The van der Waals surface area contributed by atoms with Crippen LogP contribution in [-0.2, 0) is 16.1 Å². The van der Waals surface area contributed by atoms with E-state index in [4.69, 9.17) is 9.15 Å². The number of furan rings is 1. The number of hydrogen-bond acceptors (Lipinski definition) is 4. The van der Waals surface area contributed by atoms with Gasteiger partial charge < -0.3 is 19.8 Å². The van der Waals surface area contributed by atoms with Crippen LogP contribution in [0.2, 0.25) is 0 Å². The molecule has 1 unspecified atom stereocenters. The lowest BCUT2D eigenvalue weighted by atomic mass is 9.88. The molecule has 1 aromatic rings. The molecule has 1 aromatic heterocycles. The summed E-state index contributed by atoms with van der Waals surface area (Å²) in [6, 6.07) is 3.85. The van der Waals surface area contributed by atoms with E-state index in [9.17, 15) is 4.79 Å². The molecule has 1 aliphatic carbocycles. The van der Waals surface area contributed by atoms with Gasteiger partial charge in [0.25, 0.3) is 0 Å². The maximum absolute atomic E-state index is 11.9. The predicted molar refractivity (Wildman–Crippen MR) is 71.6 cm³/mol.